The van der Waals surface area contributed by atoms with Gasteiger partial charge in [0.15, 0.2) is 5.96 Å². The van der Waals surface area contributed by atoms with Crippen molar-refractivity contribution in [3.8, 4) is 11.8 Å². The van der Waals surface area contributed by atoms with Crippen LogP contribution in [0.5, 0.6) is 0 Å². The molecule has 1 aliphatic heterocycles. The number of nitriles is 1. The molecule has 2 heterocycles. The van der Waals surface area contributed by atoms with E-state index in [1.54, 1.807) is 4.68 Å². The number of benzene rings is 1. The lowest BCUT2D eigenvalue weighted by Gasteiger charge is -2.27. The summed E-state index contributed by atoms with van der Waals surface area (Å²) in [5, 5.41) is 14.0. The van der Waals surface area contributed by atoms with Crippen LogP contribution < -0.4 is 11.5 Å². The third-order valence-corrected chi connectivity index (χ3v) is 4.56. The SMILES string of the molecule is Cc1ccc(-n2nc(CCCN=C(N)N3CCOCC3)c(C#N)c2N)cc1. The van der Waals surface area contributed by atoms with Crippen molar-refractivity contribution < 1.29 is 4.74 Å². The minimum Gasteiger partial charge on any atom is -0.382 e. The zero-order valence-corrected chi connectivity index (χ0v) is 15.6. The maximum atomic E-state index is 9.47. The largest absolute Gasteiger partial charge is 0.382 e. The Bertz CT molecular complexity index is 842. The minimum atomic E-state index is 0.368. The number of nitrogens with two attached hydrogens (primary N) is 2. The molecule has 0 aliphatic carbocycles. The Morgan fingerprint density at radius 1 is 1.30 bits per heavy atom. The van der Waals surface area contributed by atoms with Gasteiger partial charge < -0.3 is 21.1 Å². The van der Waals surface area contributed by atoms with Gasteiger partial charge in [-0.05, 0) is 31.9 Å². The molecule has 1 aromatic heterocycles. The summed E-state index contributed by atoms with van der Waals surface area (Å²) in [6.07, 6.45) is 1.36. The molecule has 2 aromatic rings. The van der Waals surface area contributed by atoms with Crippen molar-refractivity contribution in [2.24, 2.45) is 10.7 Å². The summed E-state index contributed by atoms with van der Waals surface area (Å²) in [4.78, 5) is 6.45. The fraction of sp³-hybridized carbons (Fsp3) is 0.421. The molecule has 0 unspecified atom stereocenters. The molecule has 8 nitrogen and oxygen atoms in total. The van der Waals surface area contributed by atoms with Crippen LogP contribution in [0.25, 0.3) is 5.69 Å². The van der Waals surface area contributed by atoms with Crippen LogP contribution in [0, 0.1) is 18.3 Å². The second kappa shape index (κ2) is 8.56. The van der Waals surface area contributed by atoms with E-state index >= 15 is 0 Å². The Morgan fingerprint density at radius 2 is 2.00 bits per heavy atom. The first kappa shape index (κ1) is 18.7. The lowest BCUT2D eigenvalue weighted by molar-refractivity contribution is 0.0674. The van der Waals surface area contributed by atoms with Crippen LogP contribution in [0.3, 0.4) is 0 Å². The van der Waals surface area contributed by atoms with Crippen molar-refractivity contribution in [2.75, 3.05) is 38.6 Å². The van der Waals surface area contributed by atoms with Crippen LogP contribution >= 0.6 is 0 Å². The highest BCUT2D eigenvalue weighted by Gasteiger charge is 2.16. The Kier molecular flexibility index (Phi) is 5.94. The fourth-order valence-electron chi connectivity index (χ4n) is 2.99. The maximum Gasteiger partial charge on any atom is 0.191 e. The lowest BCUT2D eigenvalue weighted by atomic mass is 10.1. The van der Waals surface area contributed by atoms with E-state index in [0.29, 0.717) is 49.2 Å². The van der Waals surface area contributed by atoms with E-state index in [1.807, 2.05) is 36.1 Å². The number of aromatic nitrogens is 2. The van der Waals surface area contributed by atoms with Crippen molar-refractivity contribution >= 4 is 11.8 Å². The Labute approximate surface area is 159 Å². The van der Waals surface area contributed by atoms with Gasteiger partial charge in [-0.25, -0.2) is 4.68 Å². The van der Waals surface area contributed by atoms with Gasteiger partial charge in [0, 0.05) is 19.6 Å². The van der Waals surface area contributed by atoms with Crippen LogP contribution in [0.2, 0.25) is 0 Å². The van der Waals surface area contributed by atoms with Gasteiger partial charge in [-0.3, -0.25) is 4.99 Å². The standard InChI is InChI=1S/C19H25N7O/c1-14-4-6-15(7-5-14)26-18(21)16(13-20)17(24-26)3-2-8-23-19(22)25-9-11-27-12-10-25/h4-7H,2-3,8-12,21H2,1H3,(H2,22,23). The molecule has 8 heteroatoms. The predicted molar refractivity (Wildman–Crippen MR) is 105 cm³/mol. The summed E-state index contributed by atoms with van der Waals surface area (Å²) in [7, 11) is 0. The maximum absolute atomic E-state index is 9.47. The summed E-state index contributed by atoms with van der Waals surface area (Å²) in [5.41, 5.74) is 15.3. The Balaban J connectivity index is 1.65. The zero-order chi connectivity index (χ0) is 19.2. The number of hydrogen-bond acceptors (Lipinski definition) is 5. The third kappa shape index (κ3) is 4.38. The van der Waals surface area contributed by atoms with E-state index in [0.717, 1.165) is 30.8 Å². The molecule has 0 bridgehead atoms. The number of morpholine rings is 1. The van der Waals surface area contributed by atoms with Gasteiger partial charge >= 0.3 is 0 Å². The molecular formula is C19H25N7O. The van der Waals surface area contributed by atoms with Gasteiger partial charge in [0.25, 0.3) is 0 Å². The van der Waals surface area contributed by atoms with E-state index in [2.05, 4.69) is 16.2 Å². The van der Waals surface area contributed by atoms with Gasteiger partial charge in [-0.1, -0.05) is 17.7 Å². The molecule has 27 heavy (non-hydrogen) atoms. The molecular weight excluding hydrogens is 342 g/mol. The van der Waals surface area contributed by atoms with E-state index in [-0.39, 0.29) is 0 Å². The summed E-state index contributed by atoms with van der Waals surface area (Å²) in [6, 6.07) is 10.0. The van der Waals surface area contributed by atoms with Crippen molar-refractivity contribution in [3.63, 3.8) is 0 Å². The average molecular weight is 367 g/mol. The summed E-state index contributed by atoms with van der Waals surface area (Å²) < 4.78 is 6.93. The number of hydrogen-bond donors (Lipinski definition) is 2. The smallest absolute Gasteiger partial charge is 0.191 e. The Hall–Kier alpha value is -3.05. The number of rotatable bonds is 5. The van der Waals surface area contributed by atoms with Crippen LogP contribution in [0.15, 0.2) is 29.3 Å². The van der Waals surface area contributed by atoms with Crippen LogP contribution in [-0.2, 0) is 11.2 Å². The molecule has 1 aromatic carbocycles. The quantitative estimate of drug-likeness (QED) is 0.466. The monoisotopic (exact) mass is 367 g/mol. The molecule has 1 saturated heterocycles. The van der Waals surface area contributed by atoms with Crippen molar-refractivity contribution in [3.05, 3.63) is 41.1 Å². The van der Waals surface area contributed by atoms with E-state index in [4.69, 9.17) is 16.2 Å². The molecule has 0 saturated carbocycles. The normalized spacial score (nSPS) is 15.0. The fourth-order valence-corrected chi connectivity index (χ4v) is 2.99. The van der Waals surface area contributed by atoms with Gasteiger partial charge in [-0.2, -0.15) is 10.4 Å². The number of anilines is 1. The second-order valence-electron chi connectivity index (χ2n) is 6.51. The first-order valence-electron chi connectivity index (χ1n) is 9.07. The van der Waals surface area contributed by atoms with Gasteiger partial charge in [0.05, 0.1) is 24.6 Å². The van der Waals surface area contributed by atoms with Crippen LogP contribution in [0.1, 0.15) is 23.2 Å². The van der Waals surface area contributed by atoms with Gasteiger partial charge in [-0.15, -0.1) is 0 Å². The number of aliphatic imine (C=N–C) groups is 1. The highest BCUT2D eigenvalue weighted by atomic mass is 16.5. The molecule has 0 amide bonds. The first-order valence-corrected chi connectivity index (χ1v) is 9.07. The molecule has 0 atom stereocenters. The van der Waals surface area contributed by atoms with Gasteiger partial charge in [0.2, 0.25) is 0 Å². The van der Waals surface area contributed by atoms with Gasteiger partial charge in [0.1, 0.15) is 17.5 Å². The molecule has 0 radical (unpaired) electrons. The number of guanidine groups is 1. The Morgan fingerprint density at radius 3 is 2.67 bits per heavy atom. The zero-order valence-electron chi connectivity index (χ0n) is 15.6. The topological polar surface area (TPSA) is 118 Å². The molecule has 3 rings (SSSR count). The van der Waals surface area contributed by atoms with E-state index < -0.39 is 0 Å². The van der Waals surface area contributed by atoms with Crippen LogP contribution in [0.4, 0.5) is 5.82 Å². The van der Waals surface area contributed by atoms with Crippen molar-refractivity contribution in [1.82, 2.24) is 14.7 Å². The number of nitrogens with zero attached hydrogens (tertiary/aromatic N) is 5. The molecule has 4 N–H and O–H groups in total. The third-order valence-electron chi connectivity index (χ3n) is 4.56. The number of ether oxygens (including phenoxy) is 1. The second-order valence-corrected chi connectivity index (χ2v) is 6.51. The van der Waals surface area contributed by atoms with Crippen LogP contribution in [-0.4, -0.2) is 53.5 Å². The summed E-state index contributed by atoms with van der Waals surface area (Å²) in [6.45, 7) is 5.49. The summed E-state index contributed by atoms with van der Waals surface area (Å²) in [5.74, 6) is 0.913. The number of nitrogen functional groups attached to an aromatic ring is 1. The van der Waals surface area contributed by atoms with E-state index in [1.165, 1.54) is 0 Å². The highest BCUT2D eigenvalue weighted by Crippen LogP contribution is 2.21. The predicted octanol–water partition coefficient (Wildman–Crippen LogP) is 1.21. The molecule has 142 valence electrons. The lowest BCUT2D eigenvalue weighted by Crippen LogP contribution is -2.44. The highest BCUT2D eigenvalue weighted by molar-refractivity contribution is 5.78. The molecule has 1 aliphatic rings. The van der Waals surface area contributed by atoms with Crippen molar-refractivity contribution in [1.29, 1.82) is 5.26 Å². The van der Waals surface area contributed by atoms with Crippen molar-refractivity contribution in [2.45, 2.75) is 19.8 Å². The first-order chi connectivity index (χ1) is 13.1. The average Bonchev–Trinajstić information content (AvgIpc) is 3.01. The minimum absolute atomic E-state index is 0.368. The summed E-state index contributed by atoms with van der Waals surface area (Å²) >= 11 is 0. The molecule has 1 fully saturated rings. The molecule has 0 spiro atoms. The van der Waals surface area contributed by atoms with E-state index in [9.17, 15) is 5.26 Å². The number of aryl methyl sites for hydroxylation is 2.